The van der Waals surface area contributed by atoms with E-state index >= 15 is 0 Å². The van der Waals surface area contributed by atoms with E-state index in [4.69, 9.17) is 9.15 Å². The van der Waals surface area contributed by atoms with E-state index in [1.54, 1.807) is 18.4 Å². The van der Waals surface area contributed by atoms with Crippen molar-refractivity contribution in [2.24, 2.45) is 0 Å². The maximum Gasteiger partial charge on any atom is 0.226 e. The SMILES string of the molecule is OCCN(CCN1CCOCC1)Cc1coc(-c2cccc(F)c2)n1. The van der Waals surface area contributed by atoms with E-state index in [0.29, 0.717) is 24.5 Å². The van der Waals surface area contributed by atoms with Crippen molar-refractivity contribution in [3.8, 4) is 11.5 Å². The summed E-state index contributed by atoms with van der Waals surface area (Å²) in [5.74, 6) is 0.0938. The summed E-state index contributed by atoms with van der Waals surface area (Å²) in [4.78, 5) is 8.95. The number of morpholine rings is 1. The Morgan fingerprint density at radius 3 is 2.84 bits per heavy atom. The highest BCUT2D eigenvalue weighted by molar-refractivity contribution is 5.52. The topological polar surface area (TPSA) is 62.0 Å². The molecule has 1 aromatic heterocycles. The lowest BCUT2D eigenvalue weighted by Crippen LogP contribution is -2.41. The molecule has 3 rings (SSSR count). The lowest BCUT2D eigenvalue weighted by atomic mass is 10.2. The predicted molar refractivity (Wildman–Crippen MR) is 91.5 cm³/mol. The zero-order valence-electron chi connectivity index (χ0n) is 14.2. The number of hydrogen-bond donors (Lipinski definition) is 1. The van der Waals surface area contributed by atoms with Crippen LogP contribution in [0.15, 0.2) is 34.9 Å². The number of aromatic nitrogens is 1. The van der Waals surface area contributed by atoms with Gasteiger partial charge in [0.2, 0.25) is 5.89 Å². The molecule has 0 bridgehead atoms. The first-order chi connectivity index (χ1) is 12.2. The minimum Gasteiger partial charge on any atom is -0.444 e. The Labute approximate surface area is 146 Å². The van der Waals surface area contributed by atoms with E-state index in [9.17, 15) is 9.50 Å². The van der Waals surface area contributed by atoms with Gasteiger partial charge in [-0.3, -0.25) is 9.80 Å². The quantitative estimate of drug-likeness (QED) is 0.781. The first-order valence-electron chi connectivity index (χ1n) is 8.58. The van der Waals surface area contributed by atoms with E-state index in [0.717, 1.165) is 45.1 Å². The molecule has 2 aromatic rings. The van der Waals surface area contributed by atoms with Gasteiger partial charge in [-0.2, -0.15) is 0 Å². The Balaban J connectivity index is 1.58. The number of ether oxygens (including phenoxy) is 1. The summed E-state index contributed by atoms with van der Waals surface area (Å²) in [7, 11) is 0. The molecule has 1 aromatic carbocycles. The summed E-state index contributed by atoms with van der Waals surface area (Å²) in [6, 6.07) is 6.19. The van der Waals surface area contributed by atoms with Gasteiger partial charge in [0.1, 0.15) is 12.1 Å². The normalized spacial score (nSPS) is 15.8. The van der Waals surface area contributed by atoms with Gasteiger partial charge in [0.15, 0.2) is 0 Å². The molecule has 0 spiro atoms. The number of aliphatic hydroxyl groups is 1. The van der Waals surface area contributed by atoms with Gasteiger partial charge in [0.05, 0.1) is 25.5 Å². The fraction of sp³-hybridized carbons (Fsp3) is 0.500. The van der Waals surface area contributed by atoms with E-state index in [-0.39, 0.29) is 12.4 Å². The van der Waals surface area contributed by atoms with Gasteiger partial charge in [-0.1, -0.05) is 6.07 Å². The number of rotatable bonds is 8. The minimum atomic E-state index is -0.315. The molecule has 7 heteroatoms. The lowest BCUT2D eigenvalue weighted by Gasteiger charge is -2.29. The second-order valence-electron chi connectivity index (χ2n) is 6.11. The van der Waals surface area contributed by atoms with Crippen molar-refractivity contribution in [3.05, 3.63) is 42.0 Å². The van der Waals surface area contributed by atoms with Crippen LogP contribution in [0.2, 0.25) is 0 Å². The number of hydrogen-bond acceptors (Lipinski definition) is 6. The zero-order valence-corrected chi connectivity index (χ0v) is 14.2. The maximum absolute atomic E-state index is 13.3. The standard InChI is InChI=1S/C18H24FN3O3/c19-16-3-1-2-15(12-16)18-20-17(14-25-18)13-22(6-9-23)5-4-21-7-10-24-11-8-21/h1-3,12,14,23H,4-11,13H2. The second kappa shape index (κ2) is 9.05. The molecular formula is C18H24FN3O3. The highest BCUT2D eigenvalue weighted by atomic mass is 19.1. The number of oxazole rings is 1. The number of aliphatic hydroxyl groups excluding tert-OH is 1. The summed E-state index contributed by atoms with van der Waals surface area (Å²) in [5.41, 5.74) is 1.39. The van der Waals surface area contributed by atoms with Crippen LogP contribution in [0.1, 0.15) is 5.69 Å². The van der Waals surface area contributed by atoms with Crippen LogP contribution in [0.5, 0.6) is 0 Å². The van der Waals surface area contributed by atoms with Crippen LogP contribution in [0.3, 0.4) is 0 Å². The molecule has 0 atom stereocenters. The molecule has 1 aliphatic heterocycles. The molecule has 1 fully saturated rings. The molecule has 0 saturated carbocycles. The predicted octanol–water partition coefficient (Wildman–Crippen LogP) is 1.61. The molecule has 1 N–H and O–H groups in total. The largest absolute Gasteiger partial charge is 0.444 e. The first kappa shape index (κ1) is 18.0. The van der Waals surface area contributed by atoms with Crippen LogP contribution in [-0.4, -0.2) is 72.4 Å². The average molecular weight is 349 g/mol. The number of benzene rings is 1. The van der Waals surface area contributed by atoms with Crippen molar-refractivity contribution in [1.82, 2.24) is 14.8 Å². The highest BCUT2D eigenvalue weighted by Crippen LogP contribution is 2.20. The summed E-state index contributed by atoms with van der Waals surface area (Å²) >= 11 is 0. The van der Waals surface area contributed by atoms with Crippen molar-refractivity contribution in [2.75, 3.05) is 52.5 Å². The number of nitrogens with zero attached hydrogens (tertiary/aromatic N) is 3. The third kappa shape index (κ3) is 5.34. The molecule has 0 radical (unpaired) electrons. The summed E-state index contributed by atoms with van der Waals surface area (Å²) in [5, 5.41) is 9.30. The van der Waals surface area contributed by atoms with Gasteiger partial charge in [-0.15, -0.1) is 0 Å². The van der Waals surface area contributed by atoms with Gasteiger partial charge in [-0.25, -0.2) is 9.37 Å². The van der Waals surface area contributed by atoms with Crippen molar-refractivity contribution >= 4 is 0 Å². The molecule has 2 heterocycles. The molecule has 0 unspecified atom stereocenters. The fourth-order valence-electron chi connectivity index (χ4n) is 2.88. The first-order valence-corrected chi connectivity index (χ1v) is 8.58. The zero-order chi connectivity index (χ0) is 17.5. The third-order valence-electron chi connectivity index (χ3n) is 4.26. The molecule has 1 aliphatic rings. The summed E-state index contributed by atoms with van der Waals surface area (Å²) < 4.78 is 24.2. The van der Waals surface area contributed by atoms with Crippen LogP contribution in [0.25, 0.3) is 11.5 Å². The van der Waals surface area contributed by atoms with Gasteiger partial charge < -0.3 is 14.3 Å². The van der Waals surface area contributed by atoms with E-state index in [1.807, 2.05) is 0 Å². The molecule has 136 valence electrons. The van der Waals surface area contributed by atoms with Gasteiger partial charge in [-0.05, 0) is 18.2 Å². The summed E-state index contributed by atoms with van der Waals surface area (Å²) in [6.07, 6.45) is 1.60. The smallest absolute Gasteiger partial charge is 0.226 e. The third-order valence-corrected chi connectivity index (χ3v) is 4.26. The monoisotopic (exact) mass is 349 g/mol. The van der Waals surface area contributed by atoms with E-state index < -0.39 is 0 Å². The Hall–Kier alpha value is -1.80. The Morgan fingerprint density at radius 1 is 1.24 bits per heavy atom. The molecule has 6 nitrogen and oxygen atoms in total. The number of halogens is 1. The Bertz CT molecular complexity index is 659. The van der Waals surface area contributed by atoms with Crippen LogP contribution < -0.4 is 0 Å². The van der Waals surface area contributed by atoms with Crippen LogP contribution in [0.4, 0.5) is 4.39 Å². The van der Waals surface area contributed by atoms with Crippen LogP contribution in [-0.2, 0) is 11.3 Å². The molecule has 0 aliphatic carbocycles. The second-order valence-corrected chi connectivity index (χ2v) is 6.11. The van der Waals surface area contributed by atoms with Gasteiger partial charge in [0.25, 0.3) is 0 Å². The average Bonchev–Trinajstić information content (AvgIpc) is 3.09. The minimum absolute atomic E-state index is 0.0950. The highest BCUT2D eigenvalue weighted by Gasteiger charge is 2.15. The van der Waals surface area contributed by atoms with Crippen molar-refractivity contribution in [2.45, 2.75) is 6.54 Å². The molecule has 0 amide bonds. The van der Waals surface area contributed by atoms with Gasteiger partial charge >= 0.3 is 0 Å². The van der Waals surface area contributed by atoms with Crippen LogP contribution in [0, 0.1) is 5.82 Å². The van der Waals surface area contributed by atoms with E-state index in [2.05, 4.69) is 14.8 Å². The summed E-state index contributed by atoms with van der Waals surface area (Å²) in [6.45, 7) is 6.47. The van der Waals surface area contributed by atoms with Crippen molar-refractivity contribution in [3.63, 3.8) is 0 Å². The molecule has 25 heavy (non-hydrogen) atoms. The van der Waals surface area contributed by atoms with Crippen molar-refractivity contribution < 1.29 is 18.7 Å². The van der Waals surface area contributed by atoms with Gasteiger partial charge in [0, 0.05) is 44.8 Å². The van der Waals surface area contributed by atoms with E-state index in [1.165, 1.54) is 12.1 Å². The maximum atomic E-state index is 13.3. The fourth-order valence-corrected chi connectivity index (χ4v) is 2.88. The molecular weight excluding hydrogens is 325 g/mol. The molecule has 1 saturated heterocycles. The lowest BCUT2D eigenvalue weighted by molar-refractivity contribution is 0.0319. The van der Waals surface area contributed by atoms with Crippen LogP contribution >= 0.6 is 0 Å². The Morgan fingerprint density at radius 2 is 2.08 bits per heavy atom. The Kier molecular flexibility index (Phi) is 6.52. The van der Waals surface area contributed by atoms with Crippen molar-refractivity contribution in [1.29, 1.82) is 0 Å².